The van der Waals surface area contributed by atoms with E-state index in [-0.39, 0.29) is 17.1 Å². The Hall–Kier alpha value is -2.11. The molecule has 0 heterocycles. The first-order valence-corrected chi connectivity index (χ1v) is 7.85. The summed E-state index contributed by atoms with van der Waals surface area (Å²) in [6, 6.07) is 4.44. The van der Waals surface area contributed by atoms with E-state index in [2.05, 4.69) is 26.1 Å². The second-order valence-corrected chi connectivity index (χ2v) is 7.24. The maximum atomic E-state index is 11.7. The van der Waals surface area contributed by atoms with E-state index in [1.54, 1.807) is 0 Å². The van der Waals surface area contributed by atoms with E-state index in [4.69, 9.17) is 4.74 Å². The largest absolute Gasteiger partial charge is 0.465 e. The first-order chi connectivity index (χ1) is 10.7. The molecule has 1 aliphatic rings. The summed E-state index contributed by atoms with van der Waals surface area (Å²) in [5, 5.41) is 14.5. The lowest BCUT2D eigenvalue weighted by Crippen LogP contribution is -2.35. The summed E-state index contributed by atoms with van der Waals surface area (Å²) in [7, 11) is 1.29. The van der Waals surface area contributed by atoms with Crippen molar-refractivity contribution in [3.63, 3.8) is 0 Å². The first-order valence-electron chi connectivity index (χ1n) is 7.85. The Labute approximate surface area is 136 Å². The number of esters is 1. The fourth-order valence-corrected chi connectivity index (χ4v) is 3.73. The van der Waals surface area contributed by atoms with Crippen LogP contribution in [0.3, 0.4) is 0 Å². The van der Waals surface area contributed by atoms with E-state index in [1.807, 2.05) is 0 Å². The minimum atomic E-state index is -0.500. The zero-order valence-corrected chi connectivity index (χ0v) is 14.1. The van der Waals surface area contributed by atoms with Crippen LogP contribution in [0.4, 0.5) is 11.4 Å². The predicted molar refractivity (Wildman–Crippen MR) is 88.6 cm³/mol. The summed E-state index contributed by atoms with van der Waals surface area (Å²) in [5.74, 6) is 0.0550. The summed E-state index contributed by atoms with van der Waals surface area (Å²) < 4.78 is 4.70. The fraction of sp³-hybridized carbons (Fsp3) is 0.588. The van der Waals surface area contributed by atoms with Gasteiger partial charge in [-0.3, -0.25) is 10.1 Å². The number of rotatable bonds is 4. The highest BCUT2D eigenvalue weighted by molar-refractivity contribution is 5.91. The van der Waals surface area contributed by atoms with E-state index >= 15 is 0 Å². The topological polar surface area (TPSA) is 81.5 Å². The third kappa shape index (κ3) is 4.21. The third-order valence-electron chi connectivity index (χ3n) is 4.36. The first kappa shape index (κ1) is 17.2. The van der Waals surface area contributed by atoms with Crippen LogP contribution in [-0.4, -0.2) is 24.0 Å². The van der Waals surface area contributed by atoms with Gasteiger partial charge in [0.1, 0.15) is 5.69 Å². The van der Waals surface area contributed by atoms with Gasteiger partial charge in [0.25, 0.3) is 5.69 Å². The van der Waals surface area contributed by atoms with Gasteiger partial charge in [0.2, 0.25) is 0 Å². The summed E-state index contributed by atoms with van der Waals surface area (Å²) in [4.78, 5) is 22.5. The van der Waals surface area contributed by atoms with Crippen molar-refractivity contribution >= 4 is 17.3 Å². The van der Waals surface area contributed by atoms with Gasteiger partial charge in [-0.15, -0.1) is 0 Å². The number of nitrogens with one attached hydrogen (secondary N) is 1. The van der Waals surface area contributed by atoms with Gasteiger partial charge in [-0.2, -0.15) is 0 Å². The van der Waals surface area contributed by atoms with Crippen LogP contribution in [0, 0.1) is 21.4 Å². The molecule has 1 N–H and O–H groups in total. The van der Waals surface area contributed by atoms with Gasteiger partial charge >= 0.3 is 5.97 Å². The lowest BCUT2D eigenvalue weighted by Gasteiger charge is -2.39. The summed E-state index contributed by atoms with van der Waals surface area (Å²) in [6.45, 7) is 6.64. The molecule has 6 heteroatoms. The van der Waals surface area contributed by atoms with Crippen LogP contribution >= 0.6 is 0 Å². The molecule has 0 bridgehead atoms. The molecule has 1 aromatic carbocycles. The van der Waals surface area contributed by atoms with Crippen LogP contribution in [0.5, 0.6) is 0 Å². The SMILES string of the molecule is COC(=O)c1ccc([N+](=O)[O-])c(N[C@H]2C[C@@H](C)CC(C)(C)C2)c1. The molecule has 1 aromatic rings. The lowest BCUT2D eigenvalue weighted by molar-refractivity contribution is -0.384. The van der Waals surface area contributed by atoms with Crippen LogP contribution in [0.2, 0.25) is 0 Å². The molecule has 0 spiro atoms. The molecule has 0 saturated heterocycles. The van der Waals surface area contributed by atoms with Gasteiger partial charge in [-0.1, -0.05) is 20.8 Å². The number of nitro groups is 1. The molecule has 2 rings (SSSR count). The van der Waals surface area contributed by atoms with Gasteiger partial charge in [-0.25, -0.2) is 4.79 Å². The van der Waals surface area contributed by atoms with Crippen LogP contribution < -0.4 is 5.32 Å². The van der Waals surface area contributed by atoms with E-state index in [9.17, 15) is 14.9 Å². The highest BCUT2D eigenvalue weighted by Crippen LogP contribution is 2.40. The van der Waals surface area contributed by atoms with Gasteiger partial charge in [0.15, 0.2) is 0 Å². The number of carbonyl (C=O) groups is 1. The van der Waals surface area contributed by atoms with Crippen molar-refractivity contribution in [1.29, 1.82) is 0 Å². The molecule has 0 unspecified atom stereocenters. The monoisotopic (exact) mass is 320 g/mol. The van der Waals surface area contributed by atoms with Crippen LogP contribution in [0.15, 0.2) is 18.2 Å². The van der Waals surface area contributed by atoms with Crippen molar-refractivity contribution < 1.29 is 14.5 Å². The number of benzene rings is 1. The van der Waals surface area contributed by atoms with E-state index in [1.165, 1.54) is 25.3 Å². The molecule has 126 valence electrons. The van der Waals surface area contributed by atoms with Gasteiger partial charge in [0, 0.05) is 12.1 Å². The van der Waals surface area contributed by atoms with Gasteiger partial charge in [-0.05, 0) is 42.7 Å². The van der Waals surface area contributed by atoms with Crippen molar-refractivity contribution in [3.05, 3.63) is 33.9 Å². The third-order valence-corrected chi connectivity index (χ3v) is 4.36. The molecule has 0 aromatic heterocycles. The highest BCUT2D eigenvalue weighted by atomic mass is 16.6. The zero-order chi connectivity index (χ0) is 17.2. The molecule has 0 aliphatic heterocycles. The number of hydrogen-bond donors (Lipinski definition) is 1. The Balaban J connectivity index is 2.29. The fourth-order valence-electron chi connectivity index (χ4n) is 3.73. The van der Waals surface area contributed by atoms with Crippen LogP contribution in [0.1, 0.15) is 50.4 Å². The van der Waals surface area contributed by atoms with Crippen molar-refractivity contribution in [3.8, 4) is 0 Å². The average Bonchev–Trinajstić information content (AvgIpc) is 2.43. The Morgan fingerprint density at radius 1 is 1.39 bits per heavy atom. The molecule has 0 radical (unpaired) electrons. The van der Waals surface area contributed by atoms with E-state index in [0.29, 0.717) is 17.2 Å². The Kier molecular flexibility index (Phi) is 4.92. The molecule has 1 fully saturated rings. The van der Waals surface area contributed by atoms with Crippen molar-refractivity contribution in [2.24, 2.45) is 11.3 Å². The molecule has 6 nitrogen and oxygen atoms in total. The number of nitro benzene ring substituents is 1. The lowest BCUT2D eigenvalue weighted by atomic mass is 9.70. The average molecular weight is 320 g/mol. The van der Waals surface area contributed by atoms with Crippen molar-refractivity contribution in [2.75, 3.05) is 12.4 Å². The zero-order valence-electron chi connectivity index (χ0n) is 14.1. The van der Waals surface area contributed by atoms with Crippen molar-refractivity contribution in [2.45, 2.75) is 46.1 Å². The summed E-state index contributed by atoms with van der Waals surface area (Å²) in [5.41, 5.74) is 0.870. The van der Waals surface area contributed by atoms with Gasteiger partial charge < -0.3 is 10.1 Å². The maximum absolute atomic E-state index is 11.7. The molecule has 23 heavy (non-hydrogen) atoms. The van der Waals surface area contributed by atoms with Crippen LogP contribution in [0.25, 0.3) is 0 Å². The number of methoxy groups -OCH3 is 1. The molecule has 1 aliphatic carbocycles. The predicted octanol–water partition coefficient (Wildman–Crippen LogP) is 4.01. The second kappa shape index (κ2) is 6.56. The Morgan fingerprint density at radius 3 is 2.65 bits per heavy atom. The molecule has 0 amide bonds. The number of anilines is 1. The maximum Gasteiger partial charge on any atom is 0.337 e. The molecule has 1 saturated carbocycles. The Morgan fingerprint density at radius 2 is 2.09 bits per heavy atom. The summed E-state index contributed by atoms with van der Waals surface area (Å²) >= 11 is 0. The molecular weight excluding hydrogens is 296 g/mol. The number of ether oxygens (including phenoxy) is 1. The number of carbonyl (C=O) groups excluding carboxylic acids is 1. The standard InChI is InChI=1S/C17H24N2O4/c1-11-7-13(10-17(2,3)9-11)18-14-8-12(16(20)23-4)5-6-15(14)19(21)22/h5-6,8,11,13,18H,7,9-10H2,1-4H3/t11-,13+/m1/s1. The number of hydrogen-bond acceptors (Lipinski definition) is 5. The second-order valence-electron chi connectivity index (χ2n) is 7.24. The van der Waals surface area contributed by atoms with Crippen molar-refractivity contribution in [1.82, 2.24) is 0 Å². The minimum absolute atomic E-state index is 0.0197. The van der Waals surface area contributed by atoms with E-state index < -0.39 is 10.9 Å². The quantitative estimate of drug-likeness (QED) is 0.515. The molecular formula is C17H24N2O4. The summed E-state index contributed by atoms with van der Waals surface area (Å²) in [6.07, 6.45) is 3.05. The number of nitrogens with zero attached hydrogens (tertiary/aromatic N) is 1. The van der Waals surface area contributed by atoms with Crippen LogP contribution in [-0.2, 0) is 4.74 Å². The Bertz CT molecular complexity index is 613. The molecule has 2 atom stereocenters. The van der Waals surface area contributed by atoms with E-state index in [0.717, 1.165) is 19.3 Å². The highest BCUT2D eigenvalue weighted by Gasteiger charge is 2.33. The smallest absolute Gasteiger partial charge is 0.337 e. The minimum Gasteiger partial charge on any atom is -0.465 e. The normalized spacial score (nSPS) is 23.1. The van der Waals surface area contributed by atoms with Gasteiger partial charge in [0.05, 0.1) is 17.6 Å².